The van der Waals surface area contributed by atoms with Crippen molar-refractivity contribution < 1.29 is 24.5 Å². The Morgan fingerprint density at radius 1 is 0.929 bits per heavy atom. The molecule has 152 valence electrons. The average Bonchev–Trinajstić information content (AvgIpc) is 2.94. The zero-order chi connectivity index (χ0) is 20.5. The fraction of sp³-hybridized carbons (Fsp3) is 0.455. The van der Waals surface area contributed by atoms with Gasteiger partial charge >= 0.3 is 0 Å². The number of benzene rings is 2. The van der Waals surface area contributed by atoms with Gasteiger partial charge in [-0.2, -0.15) is 0 Å². The second-order valence-electron chi connectivity index (χ2n) is 8.47. The molecule has 1 aliphatic heterocycles. The van der Waals surface area contributed by atoms with E-state index in [-0.39, 0.29) is 5.04 Å². The molecule has 3 N–H and O–H groups in total. The topological polar surface area (TPSA) is 79.2 Å². The molecule has 1 saturated heterocycles. The third-order valence-electron chi connectivity index (χ3n) is 5.46. The molecule has 3 rings (SSSR count). The maximum atomic E-state index is 10.8. The normalized spacial score (nSPS) is 27.0. The Bertz CT molecular complexity index is 720. The first-order valence-corrected chi connectivity index (χ1v) is 11.6. The summed E-state index contributed by atoms with van der Waals surface area (Å²) >= 11 is 0. The highest BCUT2D eigenvalue weighted by Gasteiger charge is 2.56. The van der Waals surface area contributed by atoms with Crippen molar-refractivity contribution in [1.29, 1.82) is 0 Å². The van der Waals surface area contributed by atoms with Crippen LogP contribution >= 0.6 is 0 Å². The van der Waals surface area contributed by atoms with E-state index in [1.807, 2.05) is 60.7 Å². The number of rotatable bonds is 5. The van der Waals surface area contributed by atoms with Crippen LogP contribution in [-0.4, -0.2) is 54.3 Å². The predicted octanol–water partition coefficient (Wildman–Crippen LogP) is 1.39. The van der Waals surface area contributed by atoms with Gasteiger partial charge in [-0.25, -0.2) is 0 Å². The molecule has 0 spiro atoms. The molecule has 2 aromatic rings. The van der Waals surface area contributed by atoms with E-state index in [1.54, 1.807) is 0 Å². The summed E-state index contributed by atoms with van der Waals surface area (Å²) in [4.78, 5) is 0. The lowest BCUT2D eigenvalue weighted by Crippen LogP contribution is -2.69. The van der Waals surface area contributed by atoms with Crippen molar-refractivity contribution in [2.75, 3.05) is 0 Å². The summed E-state index contributed by atoms with van der Waals surface area (Å²) in [6.45, 7) is 7.91. The Kier molecular flexibility index (Phi) is 6.10. The standard InChI is InChI=1S/C22H30O5Si/c1-15(23)19-18(24)20(21(25)26-19)27-28(22(2,3)4,16-11-7-5-8-12-16)17-13-9-6-10-14-17/h5-15,18-21,23-25H,1-4H3/t15-,18-,19-,20-,21-/m1/s1. The smallest absolute Gasteiger partial charge is 0.261 e. The van der Waals surface area contributed by atoms with Crippen molar-refractivity contribution >= 4 is 18.7 Å². The number of aliphatic hydroxyl groups is 3. The summed E-state index contributed by atoms with van der Waals surface area (Å²) in [5, 5.41) is 33.0. The molecule has 0 unspecified atom stereocenters. The van der Waals surface area contributed by atoms with E-state index in [9.17, 15) is 15.3 Å². The molecule has 0 radical (unpaired) electrons. The summed E-state index contributed by atoms with van der Waals surface area (Å²) in [5.41, 5.74) is 0. The minimum absolute atomic E-state index is 0.294. The van der Waals surface area contributed by atoms with Crippen LogP contribution in [0.15, 0.2) is 60.7 Å². The fourth-order valence-corrected chi connectivity index (χ4v) is 8.78. The molecule has 5 atom stereocenters. The quantitative estimate of drug-likeness (QED) is 0.659. The van der Waals surface area contributed by atoms with Gasteiger partial charge in [0, 0.05) is 0 Å². The molecule has 1 fully saturated rings. The van der Waals surface area contributed by atoms with Gasteiger partial charge in [-0.15, -0.1) is 0 Å². The van der Waals surface area contributed by atoms with E-state index in [0.717, 1.165) is 10.4 Å². The highest BCUT2D eigenvalue weighted by atomic mass is 28.4. The second kappa shape index (κ2) is 8.06. The molecule has 0 bridgehead atoms. The zero-order valence-electron chi connectivity index (χ0n) is 16.8. The van der Waals surface area contributed by atoms with E-state index < -0.39 is 39.0 Å². The van der Waals surface area contributed by atoms with E-state index in [0.29, 0.717) is 0 Å². The molecular formula is C22H30O5Si. The summed E-state index contributed by atoms with van der Waals surface area (Å²) in [7, 11) is -2.94. The number of hydrogen-bond donors (Lipinski definition) is 3. The molecule has 6 heteroatoms. The van der Waals surface area contributed by atoms with Crippen LogP contribution in [0.4, 0.5) is 0 Å². The summed E-state index contributed by atoms with van der Waals surface area (Å²) in [6.07, 6.45) is -5.20. The lowest BCUT2D eigenvalue weighted by atomic mass is 10.1. The van der Waals surface area contributed by atoms with Gasteiger partial charge in [-0.3, -0.25) is 0 Å². The second-order valence-corrected chi connectivity index (χ2v) is 12.7. The van der Waals surface area contributed by atoms with Gasteiger partial charge in [0.05, 0.1) is 6.10 Å². The molecule has 0 aliphatic carbocycles. The maximum Gasteiger partial charge on any atom is 0.261 e. The molecule has 5 nitrogen and oxygen atoms in total. The van der Waals surface area contributed by atoms with E-state index >= 15 is 0 Å². The molecule has 28 heavy (non-hydrogen) atoms. The molecule has 1 heterocycles. The summed E-state index contributed by atoms with van der Waals surface area (Å²) in [6, 6.07) is 20.0. The number of aliphatic hydroxyl groups excluding tert-OH is 3. The minimum Gasteiger partial charge on any atom is -0.396 e. The van der Waals surface area contributed by atoms with Crippen molar-refractivity contribution in [3.63, 3.8) is 0 Å². The van der Waals surface area contributed by atoms with E-state index in [1.165, 1.54) is 6.92 Å². The van der Waals surface area contributed by atoms with Gasteiger partial charge in [0.15, 0.2) is 6.29 Å². The molecule has 1 aliphatic rings. The van der Waals surface area contributed by atoms with Crippen LogP contribution in [0.3, 0.4) is 0 Å². The number of hydrogen-bond acceptors (Lipinski definition) is 5. The van der Waals surface area contributed by atoms with Crippen molar-refractivity contribution in [3.05, 3.63) is 60.7 Å². The zero-order valence-corrected chi connectivity index (χ0v) is 17.8. The van der Waals surface area contributed by atoms with Crippen LogP contribution in [-0.2, 0) is 9.16 Å². The van der Waals surface area contributed by atoms with Crippen molar-refractivity contribution in [2.45, 2.75) is 63.4 Å². The highest BCUT2D eigenvalue weighted by Crippen LogP contribution is 2.39. The molecular weight excluding hydrogens is 372 g/mol. The van der Waals surface area contributed by atoms with Gasteiger partial charge in [0.1, 0.15) is 18.3 Å². The molecule has 0 amide bonds. The Labute approximate surface area is 167 Å². The average molecular weight is 403 g/mol. The minimum atomic E-state index is -2.94. The fourth-order valence-electron chi connectivity index (χ4n) is 4.10. The lowest BCUT2D eigenvalue weighted by molar-refractivity contribution is -0.141. The van der Waals surface area contributed by atoms with Crippen molar-refractivity contribution in [1.82, 2.24) is 0 Å². The van der Waals surface area contributed by atoms with Crippen molar-refractivity contribution in [2.24, 2.45) is 0 Å². The van der Waals surface area contributed by atoms with Crippen LogP contribution in [0.2, 0.25) is 5.04 Å². The Balaban J connectivity index is 2.14. The number of ether oxygens (including phenoxy) is 1. The van der Waals surface area contributed by atoms with Gasteiger partial charge in [0.25, 0.3) is 8.32 Å². The summed E-state index contributed by atoms with van der Waals surface area (Å²) in [5.74, 6) is 0. The van der Waals surface area contributed by atoms with E-state index in [2.05, 4.69) is 20.8 Å². The van der Waals surface area contributed by atoms with Crippen molar-refractivity contribution in [3.8, 4) is 0 Å². The van der Waals surface area contributed by atoms with E-state index in [4.69, 9.17) is 9.16 Å². The van der Waals surface area contributed by atoms with Gasteiger partial charge in [-0.05, 0) is 22.3 Å². The van der Waals surface area contributed by atoms with Crippen LogP contribution in [0, 0.1) is 0 Å². The Hall–Kier alpha value is -1.54. The highest BCUT2D eigenvalue weighted by molar-refractivity contribution is 6.99. The first kappa shape index (κ1) is 21.2. The first-order chi connectivity index (χ1) is 13.2. The SMILES string of the molecule is C[C@@H](O)[C@H]1O[C@@H](O)[C@H](O[Si](c2ccccc2)(c2ccccc2)C(C)(C)C)[C@@H]1O. The van der Waals surface area contributed by atoms with Gasteiger partial charge in [0.2, 0.25) is 0 Å². The predicted molar refractivity (Wildman–Crippen MR) is 111 cm³/mol. The first-order valence-electron chi connectivity index (χ1n) is 9.67. The van der Waals surface area contributed by atoms with Crippen LogP contribution in [0.5, 0.6) is 0 Å². The van der Waals surface area contributed by atoms with Crippen LogP contribution in [0.25, 0.3) is 0 Å². The Morgan fingerprint density at radius 2 is 1.39 bits per heavy atom. The monoisotopic (exact) mass is 402 g/mol. The third kappa shape index (κ3) is 3.68. The van der Waals surface area contributed by atoms with Gasteiger partial charge < -0.3 is 24.5 Å². The lowest BCUT2D eigenvalue weighted by Gasteiger charge is -2.45. The molecule has 2 aromatic carbocycles. The molecule has 0 aromatic heterocycles. The maximum absolute atomic E-state index is 10.8. The van der Waals surface area contributed by atoms with Crippen LogP contribution in [0.1, 0.15) is 27.7 Å². The van der Waals surface area contributed by atoms with Gasteiger partial charge in [-0.1, -0.05) is 81.4 Å². The third-order valence-corrected chi connectivity index (χ3v) is 10.5. The largest absolute Gasteiger partial charge is 0.396 e. The Morgan fingerprint density at radius 3 is 1.75 bits per heavy atom. The van der Waals surface area contributed by atoms with Crippen LogP contribution < -0.4 is 10.4 Å². The molecule has 0 saturated carbocycles. The summed E-state index contributed by atoms with van der Waals surface area (Å²) < 4.78 is 12.2.